The van der Waals surface area contributed by atoms with Gasteiger partial charge in [0.15, 0.2) is 0 Å². The molecule has 0 spiro atoms. The minimum atomic E-state index is -0.413. The fourth-order valence-electron chi connectivity index (χ4n) is 2.71. The van der Waals surface area contributed by atoms with E-state index in [1.807, 2.05) is 0 Å². The fourth-order valence-corrected chi connectivity index (χ4v) is 3.29. The molecule has 1 aliphatic rings. The molecule has 1 atom stereocenters. The van der Waals surface area contributed by atoms with Crippen molar-refractivity contribution in [1.82, 2.24) is 10.2 Å². The van der Waals surface area contributed by atoms with Gasteiger partial charge in [0.25, 0.3) is 17.7 Å². The quantitative estimate of drug-likeness (QED) is 0.830. The highest BCUT2D eigenvalue weighted by molar-refractivity contribution is 6.35. The lowest BCUT2D eigenvalue weighted by atomic mass is 10.0. The van der Waals surface area contributed by atoms with Gasteiger partial charge >= 0.3 is 0 Å². The minimum Gasteiger partial charge on any atom is -0.345 e. The first kappa shape index (κ1) is 17.5. The van der Waals surface area contributed by atoms with Gasteiger partial charge in [0.1, 0.15) is 0 Å². The topological polar surface area (TPSA) is 66.5 Å². The van der Waals surface area contributed by atoms with Crippen molar-refractivity contribution in [2.45, 2.75) is 13.0 Å². The van der Waals surface area contributed by atoms with Crippen LogP contribution < -0.4 is 5.32 Å². The summed E-state index contributed by atoms with van der Waals surface area (Å²) in [6.07, 6.45) is 0. The lowest BCUT2D eigenvalue weighted by molar-refractivity contribution is 0.0693. The van der Waals surface area contributed by atoms with E-state index in [1.54, 1.807) is 25.1 Å². The average Bonchev–Trinajstić information content (AvgIpc) is 2.79. The van der Waals surface area contributed by atoms with Gasteiger partial charge in [-0.15, -0.1) is 0 Å². The second-order valence-corrected chi connectivity index (χ2v) is 6.63. The van der Waals surface area contributed by atoms with Gasteiger partial charge in [-0.3, -0.25) is 19.3 Å². The maximum atomic E-state index is 12.5. The summed E-state index contributed by atoms with van der Waals surface area (Å²) in [4.78, 5) is 37.5. The molecule has 7 heteroatoms. The third-order valence-corrected chi connectivity index (χ3v) is 4.69. The normalized spacial score (nSPS) is 14.5. The molecule has 1 heterocycles. The molecule has 0 fully saturated rings. The van der Waals surface area contributed by atoms with E-state index < -0.39 is 5.91 Å². The predicted octanol–water partition coefficient (Wildman–Crippen LogP) is 3.71. The molecular weight excluding hydrogens is 363 g/mol. The molecule has 5 nitrogen and oxygen atoms in total. The third kappa shape index (κ3) is 3.13. The molecule has 0 saturated carbocycles. The van der Waals surface area contributed by atoms with E-state index in [-0.39, 0.29) is 23.4 Å². The fraction of sp³-hybridized carbons (Fsp3) is 0.167. The van der Waals surface area contributed by atoms with Crippen LogP contribution >= 0.6 is 23.2 Å². The molecule has 1 N–H and O–H groups in total. The van der Waals surface area contributed by atoms with Crippen LogP contribution in [0.2, 0.25) is 10.0 Å². The van der Waals surface area contributed by atoms with Crippen LogP contribution in [-0.4, -0.2) is 29.7 Å². The number of amides is 3. The summed E-state index contributed by atoms with van der Waals surface area (Å²) in [5.74, 6) is -1.15. The van der Waals surface area contributed by atoms with Crippen LogP contribution in [0.3, 0.4) is 0 Å². The zero-order valence-corrected chi connectivity index (χ0v) is 15.0. The van der Waals surface area contributed by atoms with E-state index in [0.29, 0.717) is 21.2 Å². The summed E-state index contributed by atoms with van der Waals surface area (Å²) in [6.45, 7) is 1.79. The number of benzene rings is 2. The van der Waals surface area contributed by atoms with Crippen LogP contribution in [0.25, 0.3) is 0 Å². The maximum Gasteiger partial charge on any atom is 0.261 e. The van der Waals surface area contributed by atoms with Gasteiger partial charge in [-0.25, -0.2) is 0 Å². The Morgan fingerprint density at radius 2 is 1.72 bits per heavy atom. The number of rotatable bonds is 3. The highest BCUT2D eigenvalue weighted by atomic mass is 35.5. The SMILES string of the molecule is CC(NC(=O)c1ccc2c(c1)C(=O)N(C)C2=O)c1ccc(Cl)cc1Cl. The lowest BCUT2D eigenvalue weighted by Crippen LogP contribution is -2.27. The van der Waals surface area contributed by atoms with Crippen molar-refractivity contribution in [2.24, 2.45) is 0 Å². The van der Waals surface area contributed by atoms with Gasteiger partial charge in [0.05, 0.1) is 17.2 Å². The summed E-state index contributed by atoms with van der Waals surface area (Å²) in [5, 5.41) is 3.79. The molecule has 2 aromatic rings. The van der Waals surface area contributed by atoms with Crippen LogP contribution in [0.15, 0.2) is 36.4 Å². The van der Waals surface area contributed by atoms with Crippen molar-refractivity contribution in [3.8, 4) is 0 Å². The molecular formula is C18H14Cl2N2O3. The van der Waals surface area contributed by atoms with Crippen LogP contribution in [-0.2, 0) is 0 Å². The Morgan fingerprint density at radius 1 is 1.04 bits per heavy atom. The number of carbonyl (C=O) groups is 3. The molecule has 3 rings (SSSR count). The molecule has 128 valence electrons. The average molecular weight is 377 g/mol. The lowest BCUT2D eigenvalue weighted by Gasteiger charge is -2.16. The van der Waals surface area contributed by atoms with Gasteiger partial charge in [0, 0.05) is 22.7 Å². The second kappa shape index (κ2) is 6.50. The summed E-state index contributed by atoms with van der Waals surface area (Å²) in [6, 6.07) is 9.14. The van der Waals surface area contributed by atoms with E-state index in [0.717, 1.165) is 10.5 Å². The van der Waals surface area contributed by atoms with Gasteiger partial charge < -0.3 is 5.32 Å². The molecule has 25 heavy (non-hydrogen) atoms. The Kier molecular flexibility index (Phi) is 4.54. The molecule has 0 bridgehead atoms. The van der Waals surface area contributed by atoms with Crippen molar-refractivity contribution in [3.05, 3.63) is 68.7 Å². The number of hydrogen-bond donors (Lipinski definition) is 1. The molecule has 2 aromatic carbocycles. The zero-order valence-electron chi connectivity index (χ0n) is 13.5. The van der Waals surface area contributed by atoms with Crippen LogP contribution in [0.1, 0.15) is 49.6 Å². The second-order valence-electron chi connectivity index (χ2n) is 5.79. The summed E-state index contributed by atoms with van der Waals surface area (Å²) in [7, 11) is 1.41. The Morgan fingerprint density at radius 3 is 2.40 bits per heavy atom. The Bertz CT molecular complexity index is 911. The number of hydrogen-bond acceptors (Lipinski definition) is 3. The first-order valence-corrected chi connectivity index (χ1v) is 8.27. The van der Waals surface area contributed by atoms with Gasteiger partial charge in [0.2, 0.25) is 0 Å². The number of nitrogens with zero attached hydrogens (tertiary/aromatic N) is 1. The predicted molar refractivity (Wildman–Crippen MR) is 95.2 cm³/mol. The van der Waals surface area contributed by atoms with E-state index in [2.05, 4.69) is 5.32 Å². The number of halogens is 2. The van der Waals surface area contributed by atoms with Crippen molar-refractivity contribution in [2.75, 3.05) is 7.05 Å². The Hall–Kier alpha value is -2.37. The molecule has 0 aliphatic carbocycles. The van der Waals surface area contributed by atoms with Crippen LogP contribution in [0.4, 0.5) is 0 Å². The maximum absolute atomic E-state index is 12.5. The van der Waals surface area contributed by atoms with Crippen molar-refractivity contribution in [3.63, 3.8) is 0 Å². The molecule has 1 unspecified atom stereocenters. The van der Waals surface area contributed by atoms with Gasteiger partial charge in [-0.05, 0) is 42.8 Å². The standard InChI is InChI=1S/C18H14Cl2N2O3/c1-9(12-6-4-11(19)8-15(12)20)21-16(23)10-3-5-13-14(7-10)18(25)22(2)17(13)24/h3-9H,1-2H3,(H,21,23). The summed E-state index contributed by atoms with van der Waals surface area (Å²) in [5.41, 5.74) is 1.56. The first-order chi connectivity index (χ1) is 11.8. The minimum absolute atomic E-state index is 0.234. The molecule has 3 amide bonds. The number of nitrogens with one attached hydrogen (secondary N) is 1. The first-order valence-electron chi connectivity index (χ1n) is 7.52. The molecule has 0 saturated heterocycles. The highest BCUT2D eigenvalue weighted by Gasteiger charge is 2.33. The largest absolute Gasteiger partial charge is 0.345 e. The van der Waals surface area contributed by atoms with Crippen molar-refractivity contribution < 1.29 is 14.4 Å². The smallest absolute Gasteiger partial charge is 0.261 e. The summed E-state index contributed by atoms with van der Waals surface area (Å²) >= 11 is 12.0. The van der Waals surface area contributed by atoms with Crippen molar-refractivity contribution in [1.29, 1.82) is 0 Å². The van der Waals surface area contributed by atoms with E-state index in [1.165, 1.54) is 25.2 Å². The molecule has 1 aliphatic heterocycles. The van der Waals surface area contributed by atoms with Gasteiger partial charge in [-0.1, -0.05) is 29.3 Å². The van der Waals surface area contributed by atoms with Crippen LogP contribution in [0.5, 0.6) is 0 Å². The van der Waals surface area contributed by atoms with Crippen LogP contribution in [0, 0.1) is 0 Å². The highest BCUT2D eigenvalue weighted by Crippen LogP contribution is 2.27. The number of carbonyl (C=O) groups excluding carboxylic acids is 3. The van der Waals surface area contributed by atoms with E-state index in [4.69, 9.17) is 23.2 Å². The van der Waals surface area contributed by atoms with E-state index >= 15 is 0 Å². The molecule has 0 radical (unpaired) electrons. The Balaban J connectivity index is 1.83. The van der Waals surface area contributed by atoms with Gasteiger partial charge in [-0.2, -0.15) is 0 Å². The summed E-state index contributed by atoms with van der Waals surface area (Å²) < 4.78 is 0. The Labute approximate surface area is 154 Å². The van der Waals surface area contributed by atoms with E-state index in [9.17, 15) is 14.4 Å². The van der Waals surface area contributed by atoms with Crippen molar-refractivity contribution >= 4 is 40.9 Å². The molecule has 0 aromatic heterocycles. The number of fused-ring (bicyclic) bond motifs is 1. The monoisotopic (exact) mass is 376 g/mol. The third-order valence-electron chi connectivity index (χ3n) is 4.13. The zero-order chi connectivity index (χ0) is 18.3. The number of imide groups is 1.